The van der Waals surface area contributed by atoms with E-state index >= 15 is 0 Å². The molecule has 0 aromatic heterocycles. The number of nitrogens with one attached hydrogen (secondary N) is 1. The van der Waals surface area contributed by atoms with Crippen molar-refractivity contribution in [3.8, 4) is 0 Å². The van der Waals surface area contributed by atoms with Gasteiger partial charge >= 0.3 is 6.30 Å². The third-order valence-corrected chi connectivity index (χ3v) is 2.13. The summed E-state index contributed by atoms with van der Waals surface area (Å²) in [6.45, 7) is -0.180. The molecule has 1 rings (SSSR count). The normalized spacial score (nSPS) is 11.7. The molecule has 0 aliphatic carbocycles. The Morgan fingerprint density at radius 3 is 2.15 bits per heavy atom. The highest BCUT2D eigenvalue weighted by atomic mass is 127. The van der Waals surface area contributed by atoms with Crippen LogP contribution in [0.2, 0.25) is 0 Å². The molecular weight excluding hydrogens is 294 g/mol. The Morgan fingerprint density at radius 1 is 1.15 bits per heavy atom. The van der Waals surface area contributed by atoms with Gasteiger partial charge in [-0.1, -0.05) is 12.1 Å². The quantitative estimate of drug-likeness (QED) is 0.654. The van der Waals surface area contributed by atoms with Crippen LogP contribution in [0.3, 0.4) is 0 Å². The van der Waals surface area contributed by atoms with Crippen molar-refractivity contribution in [2.75, 3.05) is 0 Å². The predicted molar refractivity (Wildman–Crippen MR) is 52.1 cm³/mol. The summed E-state index contributed by atoms with van der Waals surface area (Å²) in [5.41, 5.74) is 0.623. The van der Waals surface area contributed by atoms with E-state index < -0.39 is 6.30 Å². The molecule has 1 aromatic rings. The van der Waals surface area contributed by atoms with E-state index in [0.29, 0.717) is 5.56 Å². The molecular formula is C8H7F3IN. The lowest BCUT2D eigenvalue weighted by Crippen LogP contribution is -2.30. The maximum Gasteiger partial charge on any atom is 0.457 e. The molecule has 0 radical (unpaired) electrons. The third-order valence-electron chi connectivity index (χ3n) is 1.41. The first-order chi connectivity index (χ1) is 5.97. The molecule has 1 nitrogen and oxygen atoms in total. The molecule has 0 saturated carbocycles. The molecule has 72 valence electrons. The molecule has 13 heavy (non-hydrogen) atoms. The van der Waals surface area contributed by atoms with Crippen LogP contribution < -0.4 is 5.32 Å². The zero-order valence-electron chi connectivity index (χ0n) is 6.53. The number of hydrogen-bond donors (Lipinski definition) is 1. The first kappa shape index (κ1) is 10.8. The van der Waals surface area contributed by atoms with Crippen LogP contribution >= 0.6 is 22.6 Å². The second-order valence-electron chi connectivity index (χ2n) is 2.48. The third kappa shape index (κ3) is 4.47. The van der Waals surface area contributed by atoms with Gasteiger partial charge < -0.3 is 0 Å². The summed E-state index contributed by atoms with van der Waals surface area (Å²) in [4.78, 5) is 0. The van der Waals surface area contributed by atoms with Gasteiger partial charge in [-0.05, 0) is 40.3 Å². The van der Waals surface area contributed by atoms with Crippen LogP contribution in [0, 0.1) is 3.57 Å². The van der Waals surface area contributed by atoms with Crippen molar-refractivity contribution in [2.45, 2.75) is 12.8 Å². The minimum absolute atomic E-state index is 0.180. The molecule has 1 aromatic carbocycles. The smallest absolute Gasteiger partial charge is 0.224 e. The van der Waals surface area contributed by atoms with E-state index in [-0.39, 0.29) is 6.54 Å². The van der Waals surface area contributed by atoms with Gasteiger partial charge in [0.25, 0.3) is 0 Å². The van der Waals surface area contributed by atoms with E-state index in [4.69, 9.17) is 0 Å². The highest BCUT2D eigenvalue weighted by Crippen LogP contribution is 2.12. The highest BCUT2D eigenvalue weighted by Gasteiger charge is 2.25. The Bertz CT molecular complexity index is 268. The van der Waals surface area contributed by atoms with Gasteiger partial charge in [0.05, 0.1) is 0 Å². The largest absolute Gasteiger partial charge is 0.457 e. The number of alkyl halides is 3. The summed E-state index contributed by atoms with van der Waals surface area (Å²) in [6.07, 6.45) is -4.30. The lowest BCUT2D eigenvalue weighted by Gasteiger charge is -2.07. The second-order valence-corrected chi connectivity index (χ2v) is 3.72. The summed E-state index contributed by atoms with van der Waals surface area (Å²) in [6, 6.07) is 6.88. The molecule has 0 heterocycles. The summed E-state index contributed by atoms with van der Waals surface area (Å²) in [7, 11) is 0. The van der Waals surface area contributed by atoms with Crippen LogP contribution in [0.5, 0.6) is 0 Å². The van der Waals surface area contributed by atoms with Gasteiger partial charge in [0.1, 0.15) is 0 Å². The van der Waals surface area contributed by atoms with E-state index in [0.717, 1.165) is 3.57 Å². The Kier molecular flexibility index (Phi) is 3.55. The first-order valence-electron chi connectivity index (χ1n) is 3.53. The first-order valence-corrected chi connectivity index (χ1v) is 4.61. The number of rotatable bonds is 2. The van der Waals surface area contributed by atoms with Gasteiger partial charge in [0.2, 0.25) is 0 Å². The zero-order chi connectivity index (χ0) is 9.90. The molecule has 0 fully saturated rings. The fraction of sp³-hybridized carbons (Fsp3) is 0.250. The van der Waals surface area contributed by atoms with Crippen LogP contribution in [0.4, 0.5) is 13.2 Å². The topological polar surface area (TPSA) is 12.0 Å². The monoisotopic (exact) mass is 301 g/mol. The summed E-state index contributed by atoms with van der Waals surface area (Å²) < 4.78 is 36.1. The Labute approximate surface area is 87.5 Å². The maximum absolute atomic E-state index is 11.7. The maximum atomic E-state index is 11.7. The van der Waals surface area contributed by atoms with Crippen molar-refractivity contribution in [2.24, 2.45) is 0 Å². The van der Waals surface area contributed by atoms with Gasteiger partial charge in [0.15, 0.2) is 0 Å². The van der Waals surface area contributed by atoms with Crippen LogP contribution in [0.15, 0.2) is 24.3 Å². The Hall–Kier alpha value is -0.300. The van der Waals surface area contributed by atoms with Gasteiger partial charge in [-0.25, -0.2) is 5.32 Å². The minimum Gasteiger partial charge on any atom is -0.224 e. The van der Waals surface area contributed by atoms with E-state index in [2.05, 4.69) is 22.6 Å². The van der Waals surface area contributed by atoms with Gasteiger partial charge in [-0.3, -0.25) is 0 Å². The van der Waals surface area contributed by atoms with E-state index in [9.17, 15) is 13.2 Å². The van der Waals surface area contributed by atoms with Crippen LogP contribution in [0.25, 0.3) is 0 Å². The molecule has 0 saturated heterocycles. The molecule has 0 unspecified atom stereocenters. The molecule has 0 atom stereocenters. The molecule has 0 spiro atoms. The molecule has 0 aliphatic heterocycles. The van der Waals surface area contributed by atoms with E-state index in [1.807, 2.05) is 0 Å². The minimum atomic E-state index is -4.30. The molecule has 0 bridgehead atoms. The standard InChI is InChI=1S/C8H7F3IN/c9-8(10,11)13-5-6-1-3-7(12)4-2-6/h1-4,13H,5H2. The van der Waals surface area contributed by atoms with Crippen molar-refractivity contribution in [3.05, 3.63) is 33.4 Å². The fourth-order valence-electron chi connectivity index (χ4n) is 0.805. The van der Waals surface area contributed by atoms with Gasteiger partial charge in [-0.15, -0.1) is 0 Å². The molecule has 1 N–H and O–H groups in total. The van der Waals surface area contributed by atoms with Crippen LogP contribution in [-0.4, -0.2) is 6.30 Å². The van der Waals surface area contributed by atoms with Crippen LogP contribution in [0.1, 0.15) is 5.56 Å². The lowest BCUT2D eigenvalue weighted by atomic mass is 10.2. The number of halogens is 4. The van der Waals surface area contributed by atoms with Gasteiger partial charge in [-0.2, -0.15) is 13.2 Å². The predicted octanol–water partition coefficient (Wildman–Crippen LogP) is 2.90. The molecule has 0 amide bonds. The fourth-order valence-corrected chi connectivity index (χ4v) is 1.16. The Balaban J connectivity index is 2.51. The molecule has 0 aliphatic rings. The summed E-state index contributed by atoms with van der Waals surface area (Å²) in [5, 5.41) is 1.46. The zero-order valence-corrected chi connectivity index (χ0v) is 8.69. The van der Waals surface area contributed by atoms with Crippen molar-refractivity contribution < 1.29 is 13.2 Å². The highest BCUT2D eigenvalue weighted by molar-refractivity contribution is 14.1. The van der Waals surface area contributed by atoms with Crippen molar-refractivity contribution in [3.63, 3.8) is 0 Å². The van der Waals surface area contributed by atoms with Crippen molar-refractivity contribution in [1.29, 1.82) is 0 Å². The van der Waals surface area contributed by atoms with E-state index in [1.165, 1.54) is 5.32 Å². The van der Waals surface area contributed by atoms with Crippen LogP contribution in [-0.2, 0) is 6.54 Å². The average Bonchev–Trinajstić information content (AvgIpc) is 2.02. The molecule has 5 heteroatoms. The van der Waals surface area contributed by atoms with Crippen molar-refractivity contribution in [1.82, 2.24) is 5.32 Å². The van der Waals surface area contributed by atoms with Gasteiger partial charge in [0, 0.05) is 10.1 Å². The second kappa shape index (κ2) is 4.28. The van der Waals surface area contributed by atoms with E-state index in [1.54, 1.807) is 24.3 Å². The SMILES string of the molecule is FC(F)(F)NCc1ccc(I)cc1. The lowest BCUT2D eigenvalue weighted by molar-refractivity contribution is -0.158. The van der Waals surface area contributed by atoms with Crippen molar-refractivity contribution >= 4 is 22.6 Å². The number of benzene rings is 1. The summed E-state index contributed by atoms with van der Waals surface area (Å²) >= 11 is 2.10. The summed E-state index contributed by atoms with van der Waals surface area (Å²) in [5.74, 6) is 0. The Morgan fingerprint density at radius 2 is 1.69 bits per heavy atom. The number of hydrogen-bond acceptors (Lipinski definition) is 1. The average molecular weight is 301 g/mol.